The van der Waals surface area contributed by atoms with Crippen molar-refractivity contribution in [3.8, 4) is 0 Å². The van der Waals surface area contributed by atoms with Gasteiger partial charge in [-0.05, 0) is 45.6 Å². The van der Waals surface area contributed by atoms with Crippen LogP contribution in [0, 0.1) is 5.41 Å². The topological polar surface area (TPSA) is 101 Å². The predicted molar refractivity (Wildman–Crippen MR) is 74.9 cm³/mol. The number of carbonyl (C=O) groups excluding carboxylic acids is 1. The Morgan fingerprint density at radius 3 is 2.33 bits per heavy atom. The Morgan fingerprint density at radius 2 is 1.90 bits per heavy atom. The van der Waals surface area contributed by atoms with E-state index in [1.807, 2.05) is 0 Å². The lowest BCUT2D eigenvalue weighted by Crippen LogP contribution is -2.27. The van der Waals surface area contributed by atoms with Crippen molar-refractivity contribution in [3.63, 3.8) is 0 Å². The lowest BCUT2D eigenvalue weighted by Gasteiger charge is -2.19. The molecule has 21 heavy (non-hydrogen) atoms. The van der Waals surface area contributed by atoms with Gasteiger partial charge in [-0.25, -0.2) is 14.8 Å². The molecule has 0 atom stereocenters. The minimum Gasteiger partial charge on any atom is -0.481 e. The van der Waals surface area contributed by atoms with E-state index in [9.17, 15) is 9.59 Å². The summed E-state index contributed by atoms with van der Waals surface area (Å²) in [5, 5.41) is 11.6. The summed E-state index contributed by atoms with van der Waals surface area (Å²) in [7, 11) is 0. The van der Waals surface area contributed by atoms with Gasteiger partial charge in [-0.1, -0.05) is 0 Å². The molecule has 0 saturated heterocycles. The van der Waals surface area contributed by atoms with Gasteiger partial charge < -0.3 is 9.84 Å². The van der Waals surface area contributed by atoms with Crippen LogP contribution in [0.15, 0.2) is 12.4 Å². The maximum atomic E-state index is 11.6. The Labute approximate surface area is 122 Å². The maximum absolute atomic E-state index is 11.6. The molecule has 0 radical (unpaired) electrons. The van der Waals surface area contributed by atoms with Crippen molar-refractivity contribution in [2.75, 3.05) is 5.32 Å². The molecule has 7 heteroatoms. The minimum atomic E-state index is -0.779. The highest BCUT2D eigenvalue weighted by molar-refractivity contribution is 5.82. The number of nitrogens with one attached hydrogen (secondary N) is 1. The smallest absolute Gasteiger partial charge is 0.414 e. The van der Waals surface area contributed by atoms with Crippen LogP contribution in [0.5, 0.6) is 0 Å². The summed E-state index contributed by atoms with van der Waals surface area (Å²) in [5.41, 5.74) is -0.502. The standard InChI is InChI=1S/C14H19N3O4/c1-13(2,3)21-12(20)17-11-15-7-9(8-16-11)6-14(4-5-14)10(18)19/h7-8H,4-6H2,1-3H3,(H,18,19)(H,15,16,17,20). The SMILES string of the molecule is CC(C)(C)OC(=O)Nc1ncc(CC2(C(=O)O)CC2)cn1. The van der Waals surface area contributed by atoms with Crippen LogP contribution in [0.2, 0.25) is 0 Å². The molecule has 1 saturated carbocycles. The second-order valence-electron chi connectivity index (χ2n) is 6.30. The van der Waals surface area contributed by atoms with Crippen LogP contribution in [0.4, 0.5) is 10.7 Å². The molecule has 2 N–H and O–H groups in total. The highest BCUT2D eigenvalue weighted by Crippen LogP contribution is 2.48. The predicted octanol–water partition coefficient (Wildman–Crippen LogP) is 2.23. The van der Waals surface area contributed by atoms with E-state index in [1.54, 1.807) is 20.8 Å². The van der Waals surface area contributed by atoms with E-state index in [4.69, 9.17) is 9.84 Å². The number of amides is 1. The first-order valence-corrected chi connectivity index (χ1v) is 6.75. The summed E-state index contributed by atoms with van der Waals surface area (Å²) in [6, 6.07) is 0. The zero-order valence-corrected chi connectivity index (χ0v) is 12.3. The molecule has 1 fully saturated rings. The Bertz CT molecular complexity index is 544. The number of carboxylic acid groups (broad SMARTS) is 1. The van der Waals surface area contributed by atoms with Gasteiger partial charge in [-0.3, -0.25) is 10.1 Å². The van der Waals surface area contributed by atoms with Gasteiger partial charge in [0.2, 0.25) is 5.95 Å². The zero-order chi connectivity index (χ0) is 15.7. The van der Waals surface area contributed by atoms with E-state index in [1.165, 1.54) is 12.4 Å². The second-order valence-corrected chi connectivity index (χ2v) is 6.30. The highest BCUT2D eigenvalue weighted by atomic mass is 16.6. The molecule has 0 bridgehead atoms. The van der Waals surface area contributed by atoms with Gasteiger partial charge in [0, 0.05) is 12.4 Å². The molecule has 2 rings (SSSR count). The van der Waals surface area contributed by atoms with Crippen LogP contribution in [-0.4, -0.2) is 32.7 Å². The van der Waals surface area contributed by atoms with Crippen molar-refractivity contribution in [2.24, 2.45) is 5.41 Å². The van der Waals surface area contributed by atoms with E-state index in [-0.39, 0.29) is 5.95 Å². The van der Waals surface area contributed by atoms with Gasteiger partial charge in [-0.15, -0.1) is 0 Å². The van der Waals surface area contributed by atoms with Crippen LogP contribution in [-0.2, 0) is 16.0 Å². The summed E-state index contributed by atoms with van der Waals surface area (Å²) in [5.74, 6) is -0.647. The van der Waals surface area contributed by atoms with Crippen molar-refractivity contribution in [1.82, 2.24) is 9.97 Å². The molecule has 0 unspecified atom stereocenters. The van der Waals surface area contributed by atoms with E-state index < -0.39 is 23.1 Å². The van der Waals surface area contributed by atoms with Crippen molar-refractivity contribution < 1.29 is 19.4 Å². The number of hydrogen-bond donors (Lipinski definition) is 2. The molecule has 0 aliphatic heterocycles. The number of aliphatic carboxylic acids is 1. The monoisotopic (exact) mass is 293 g/mol. The van der Waals surface area contributed by atoms with E-state index in [0.29, 0.717) is 19.3 Å². The number of hydrogen-bond acceptors (Lipinski definition) is 5. The number of ether oxygens (including phenoxy) is 1. The number of nitrogens with zero attached hydrogens (tertiary/aromatic N) is 2. The quantitative estimate of drug-likeness (QED) is 0.882. The van der Waals surface area contributed by atoms with Crippen LogP contribution in [0.3, 0.4) is 0 Å². The van der Waals surface area contributed by atoms with Gasteiger partial charge >= 0.3 is 12.1 Å². The molecule has 1 aliphatic rings. The van der Waals surface area contributed by atoms with Crippen molar-refractivity contribution in [2.45, 2.75) is 45.6 Å². The first-order valence-electron chi connectivity index (χ1n) is 6.75. The van der Waals surface area contributed by atoms with E-state index in [2.05, 4.69) is 15.3 Å². The summed E-state index contributed by atoms with van der Waals surface area (Å²) < 4.78 is 5.09. The largest absolute Gasteiger partial charge is 0.481 e. The summed E-state index contributed by atoms with van der Waals surface area (Å²) in [6.07, 6.45) is 4.21. The van der Waals surface area contributed by atoms with Crippen LogP contribution >= 0.6 is 0 Å². The van der Waals surface area contributed by atoms with Crippen LogP contribution < -0.4 is 5.32 Å². The molecule has 0 aromatic carbocycles. The molecule has 1 amide bonds. The maximum Gasteiger partial charge on any atom is 0.414 e. The summed E-state index contributed by atoms with van der Waals surface area (Å²) in [4.78, 5) is 30.7. The molecule has 1 heterocycles. The highest BCUT2D eigenvalue weighted by Gasteiger charge is 2.50. The third-order valence-corrected chi connectivity index (χ3v) is 3.17. The van der Waals surface area contributed by atoms with E-state index >= 15 is 0 Å². The fourth-order valence-corrected chi connectivity index (χ4v) is 1.91. The normalized spacial score (nSPS) is 16.1. The number of carbonyl (C=O) groups is 2. The zero-order valence-electron chi connectivity index (χ0n) is 12.3. The first kappa shape index (κ1) is 15.2. The third kappa shape index (κ3) is 4.14. The lowest BCUT2D eigenvalue weighted by atomic mass is 9.99. The lowest BCUT2D eigenvalue weighted by molar-refractivity contribution is -0.143. The Morgan fingerprint density at radius 1 is 1.33 bits per heavy atom. The first-order chi connectivity index (χ1) is 9.70. The van der Waals surface area contributed by atoms with Crippen molar-refractivity contribution >= 4 is 18.0 Å². The molecule has 1 aromatic heterocycles. The molecule has 1 aromatic rings. The van der Waals surface area contributed by atoms with Crippen LogP contribution in [0.25, 0.3) is 0 Å². The summed E-state index contributed by atoms with van der Waals surface area (Å²) in [6.45, 7) is 5.28. The number of carboxylic acids is 1. The van der Waals surface area contributed by atoms with Gasteiger partial charge in [-0.2, -0.15) is 0 Å². The van der Waals surface area contributed by atoms with Crippen molar-refractivity contribution in [3.05, 3.63) is 18.0 Å². The Hall–Kier alpha value is -2.18. The molecule has 7 nitrogen and oxygen atoms in total. The number of aromatic nitrogens is 2. The van der Waals surface area contributed by atoms with Gasteiger partial charge in [0.15, 0.2) is 0 Å². The minimum absolute atomic E-state index is 0.133. The summed E-state index contributed by atoms with van der Waals surface area (Å²) >= 11 is 0. The average Bonchev–Trinajstić information content (AvgIpc) is 3.10. The number of anilines is 1. The van der Waals surface area contributed by atoms with Gasteiger partial charge in [0.05, 0.1) is 5.41 Å². The fourth-order valence-electron chi connectivity index (χ4n) is 1.91. The molecular formula is C14H19N3O4. The molecule has 1 aliphatic carbocycles. The van der Waals surface area contributed by atoms with Gasteiger partial charge in [0.1, 0.15) is 5.60 Å². The van der Waals surface area contributed by atoms with Crippen molar-refractivity contribution in [1.29, 1.82) is 0 Å². The Balaban J connectivity index is 1.93. The second kappa shape index (κ2) is 5.31. The molecule has 114 valence electrons. The Kier molecular flexibility index (Phi) is 3.85. The molecule has 0 spiro atoms. The third-order valence-electron chi connectivity index (χ3n) is 3.17. The van der Waals surface area contributed by atoms with Crippen LogP contribution in [0.1, 0.15) is 39.2 Å². The van der Waals surface area contributed by atoms with Gasteiger partial charge in [0.25, 0.3) is 0 Å². The molecular weight excluding hydrogens is 274 g/mol. The average molecular weight is 293 g/mol. The fraction of sp³-hybridized carbons (Fsp3) is 0.571. The van der Waals surface area contributed by atoms with E-state index in [0.717, 1.165) is 5.56 Å². The number of rotatable bonds is 4.